The number of carboxylic acid groups (broad SMARTS) is 1. The van der Waals surface area contributed by atoms with E-state index in [1.54, 1.807) is 6.20 Å². The van der Waals surface area contributed by atoms with Crippen molar-refractivity contribution in [2.45, 2.75) is 57.2 Å². The molecule has 2 aromatic heterocycles. The summed E-state index contributed by atoms with van der Waals surface area (Å²) in [5, 5.41) is 34.3. The molecule has 11 heteroatoms. The first-order valence-electron chi connectivity index (χ1n) is 10.4. The number of aromatic nitrogens is 4. The fourth-order valence-corrected chi connectivity index (χ4v) is 4.78. The van der Waals surface area contributed by atoms with Gasteiger partial charge in [0.15, 0.2) is 5.69 Å². The fraction of sp³-hybridized carbons (Fsp3) is 0.550. The van der Waals surface area contributed by atoms with E-state index in [0.717, 1.165) is 48.2 Å². The van der Waals surface area contributed by atoms with Gasteiger partial charge in [-0.3, -0.25) is 24.6 Å². The molecule has 166 valence electrons. The molecule has 0 aromatic carbocycles. The Morgan fingerprint density at radius 2 is 2.00 bits per heavy atom. The summed E-state index contributed by atoms with van der Waals surface area (Å²) in [7, 11) is 0. The molecule has 5 rings (SSSR count). The lowest BCUT2D eigenvalue weighted by Crippen LogP contribution is -2.41. The Morgan fingerprint density at radius 1 is 1.19 bits per heavy atom. The molecule has 3 aliphatic rings. The Labute approximate surface area is 178 Å². The van der Waals surface area contributed by atoms with Gasteiger partial charge in [-0.2, -0.15) is 10.2 Å². The van der Waals surface area contributed by atoms with Gasteiger partial charge in [0.25, 0.3) is 12.4 Å². The highest BCUT2D eigenvalue weighted by molar-refractivity contribution is 5.94. The molecule has 0 saturated heterocycles. The Morgan fingerprint density at radius 3 is 2.81 bits per heavy atom. The second-order valence-electron chi connectivity index (χ2n) is 8.19. The van der Waals surface area contributed by atoms with Crippen molar-refractivity contribution in [2.75, 3.05) is 6.54 Å². The summed E-state index contributed by atoms with van der Waals surface area (Å²) in [6.45, 7) is 0.949. The highest BCUT2D eigenvalue weighted by Gasteiger charge is 2.40. The lowest BCUT2D eigenvalue weighted by Gasteiger charge is -2.29. The van der Waals surface area contributed by atoms with Crippen LogP contribution in [0.4, 0.5) is 0 Å². The van der Waals surface area contributed by atoms with Gasteiger partial charge >= 0.3 is 0 Å². The monoisotopic (exact) mass is 430 g/mol. The SMILES string of the molecule is O=C(N[C@@H]1C[C@H](C(=O)N2CCc3[nH]ncc3C2)C[C@H]1O)c1n[nH]c2c1CCC2.O=CO. The third-order valence-electron chi connectivity index (χ3n) is 6.33. The standard InChI is InChI=1S/C19H24N6O3.CH2O2/c26-16-7-10(19(28)25-5-4-13-11(9-25)8-20-22-13)6-15(16)21-18(27)17-12-2-1-3-14(12)23-24-17;2-1-3/h8,10,15-16,26H,1-7,9H2,(H,20,22)(H,21,27)(H,23,24);1H,(H,2,3)/t10-,15+,16+;/m0./s1. The molecule has 11 nitrogen and oxygen atoms in total. The number of H-pyrrole nitrogens is 2. The molecule has 1 saturated carbocycles. The number of amides is 2. The number of hydrogen-bond donors (Lipinski definition) is 5. The average Bonchev–Trinajstić information content (AvgIpc) is 3.52. The first kappa shape index (κ1) is 21.0. The van der Waals surface area contributed by atoms with Crippen LogP contribution in [0.15, 0.2) is 6.20 Å². The number of aromatic amines is 2. The molecule has 2 aliphatic carbocycles. The number of aliphatic hydroxyl groups excluding tert-OH is 1. The van der Waals surface area contributed by atoms with Crippen LogP contribution in [-0.2, 0) is 35.4 Å². The van der Waals surface area contributed by atoms with Crippen molar-refractivity contribution < 1.29 is 24.6 Å². The molecule has 1 aliphatic heterocycles. The summed E-state index contributed by atoms with van der Waals surface area (Å²) in [6, 6.07) is -0.426. The van der Waals surface area contributed by atoms with Crippen LogP contribution in [0.3, 0.4) is 0 Å². The van der Waals surface area contributed by atoms with Gasteiger partial charge in [0, 0.05) is 47.9 Å². The number of carbonyl (C=O) groups excluding carboxylic acids is 2. The highest BCUT2D eigenvalue weighted by atomic mass is 16.3. The second-order valence-corrected chi connectivity index (χ2v) is 8.19. The third-order valence-corrected chi connectivity index (χ3v) is 6.33. The van der Waals surface area contributed by atoms with Crippen LogP contribution in [0.2, 0.25) is 0 Å². The van der Waals surface area contributed by atoms with Crippen LogP contribution in [0.1, 0.15) is 52.3 Å². The maximum absolute atomic E-state index is 12.9. The van der Waals surface area contributed by atoms with Crippen molar-refractivity contribution in [1.29, 1.82) is 0 Å². The number of aliphatic hydroxyl groups is 1. The molecule has 3 atom stereocenters. The van der Waals surface area contributed by atoms with Gasteiger partial charge in [0.1, 0.15) is 0 Å². The number of rotatable bonds is 3. The van der Waals surface area contributed by atoms with E-state index in [-0.39, 0.29) is 24.2 Å². The molecule has 0 radical (unpaired) electrons. The molecule has 31 heavy (non-hydrogen) atoms. The minimum absolute atomic E-state index is 0.0447. The van der Waals surface area contributed by atoms with Gasteiger partial charge in [-0.1, -0.05) is 0 Å². The zero-order valence-electron chi connectivity index (χ0n) is 17.0. The van der Waals surface area contributed by atoms with E-state index >= 15 is 0 Å². The molecular formula is C20H26N6O5. The van der Waals surface area contributed by atoms with Gasteiger partial charge in [-0.15, -0.1) is 0 Å². The first-order valence-corrected chi connectivity index (χ1v) is 10.4. The molecule has 1 fully saturated rings. The number of hydrogen-bond acceptors (Lipinski definition) is 6. The summed E-state index contributed by atoms with van der Waals surface area (Å²) in [6.07, 6.45) is 5.44. The van der Waals surface area contributed by atoms with E-state index < -0.39 is 12.1 Å². The number of aryl methyl sites for hydroxylation is 1. The largest absolute Gasteiger partial charge is 0.483 e. The Kier molecular flexibility index (Phi) is 6.03. The predicted molar refractivity (Wildman–Crippen MR) is 107 cm³/mol. The van der Waals surface area contributed by atoms with Crippen molar-refractivity contribution in [3.8, 4) is 0 Å². The molecule has 5 N–H and O–H groups in total. The summed E-state index contributed by atoms with van der Waals surface area (Å²) < 4.78 is 0. The Hall–Kier alpha value is -3.21. The number of nitrogens with zero attached hydrogens (tertiary/aromatic N) is 3. The number of nitrogens with one attached hydrogen (secondary N) is 3. The highest BCUT2D eigenvalue weighted by Crippen LogP contribution is 2.30. The zero-order chi connectivity index (χ0) is 22.0. The molecule has 0 unspecified atom stereocenters. The molecule has 0 spiro atoms. The zero-order valence-corrected chi connectivity index (χ0v) is 17.0. The minimum Gasteiger partial charge on any atom is -0.483 e. The molecule has 2 amide bonds. The second kappa shape index (κ2) is 8.88. The van der Waals surface area contributed by atoms with E-state index in [1.165, 1.54) is 0 Å². The van der Waals surface area contributed by atoms with Crippen molar-refractivity contribution in [3.05, 3.63) is 34.4 Å². The topological polar surface area (TPSA) is 164 Å². The van der Waals surface area contributed by atoms with E-state index in [9.17, 15) is 14.7 Å². The van der Waals surface area contributed by atoms with Crippen LogP contribution in [0, 0.1) is 5.92 Å². The van der Waals surface area contributed by atoms with Crippen molar-refractivity contribution in [2.24, 2.45) is 5.92 Å². The van der Waals surface area contributed by atoms with Gasteiger partial charge < -0.3 is 20.4 Å². The van der Waals surface area contributed by atoms with Gasteiger partial charge in [0.05, 0.1) is 18.3 Å². The quantitative estimate of drug-likeness (QED) is 0.420. The summed E-state index contributed by atoms with van der Waals surface area (Å²) in [5.41, 5.74) is 4.59. The maximum Gasteiger partial charge on any atom is 0.290 e. The molecular weight excluding hydrogens is 404 g/mol. The lowest BCUT2D eigenvalue weighted by molar-refractivity contribution is -0.136. The van der Waals surface area contributed by atoms with Crippen molar-refractivity contribution >= 4 is 18.3 Å². The van der Waals surface area contributed by atoms with E-state index in [4.69, 9.17) is 9.90 Å². The van der Waals surface area contributed by atoms with Gasteiger partial charge in [0.2, 0.25) is 5.91 Å². The fourth-order valence-electron chi connectivity index (χ4n) is 4.78. The van der Waals surface area contributed by atoms with E-state index in [0.29, 0.717) is 31.6 Å². The summed E-state index contributed by atoms with van der Waals surface area (Å²) in [5.74, 6) is -0.500. The molecule has 0 bridgehead atoms. The number of carbonyl (C=O) groups is 3. The Bertz CT molecular complexity index is 969. The van der Waals surface area contributed by atoms with Gasteiger partial charge in [-0.05, 0) is 32.1 Å². The van der Waals surface area contributed by atoms with E-state index in [1.807, 2.05) is 4.90 Å². The Balaban J connectivity index is 0.000000730. The van der Waals surface area contributed by atoms with E-state index in [2.05, 4.69) is 25.7 Å². The van der Waals surface area contributed by atoms with Crippen LogP contribution in [0.25, 0.3) is 0 Å². The normalized spacial score (nSPS) is 24.0. The van der Waals surface area contributed by atoms with Crippen molar-refractivity contribution in [3.63, 3.8) is 0 Å². The van der Waals surface area contributed by atoms with Crippen molar-refractivity contribution in [1.82, 2.24) is 30.6 Å². The lowest BCUT2D eigenvalue weighted by atomic mass is 10.0. The number of fused-ring (bicyclic) bond motifs is 2. The van der Waals surface area contributed by atoms with Crippen LogP contribution in [0.5, 0.6) is 0 Å². The summed E-state index contributed by atoms with van der Waals surface area (Å²) in [4.78, 5) is 35.8. The smallest absolute Gasteiger partial charge is 0.290 e. The first-order chi connectivity index (χ1) is 15.0. The average molecular weight is 430 g/mol. The van der Waals surface area contributed by atoms with Crippen LogP contribution in [-0.4, -0.2) is 72.5 Å². The summed E-state index contributed by atoms with van der Waals surface area (Å²) >= 11 is 0. The minimum atomic E-state index is -0.723. The maximum atomic E-state index is 12.9. The van der Waals surface area contributed by atoms with Gasteiger partial charge in [-0.25, -0.2) is 0 Å². The third kappa shape index (κ3) is 4.18. The predicted octanol–water partition coefficient (Wildman–Crippen LogP) is -0.223. The molecule has 3 heterocycles. The van der Waals surface area contributed by atoms with Crippen LogP contribution < -0.4 is 5.32 Å². The van der Waals surface area contributed by atoms with Crippen LogP contribution >= 0.6 is 0 Å². The molecule has 2 aromatic rings.